The van der Waals surface area contributed by atoms with Gasteiger partial charge >= 0.3 is 0 Å². The maximum atomic E-state index is 5.27. The Morgan fingerprint density at radius 1 is 0.385 bits per heavy atom. The summed E-state index contributed by atoms with van der Waals surface area (Å²) >= 11 is 1.86. The van der Waals surface area contributed by atoms with Crippen molar-refractivity contribution in [2.75, 3.05) is 0 Å². The molecule has 3 aromatic heterocycles. The van der Waals surface area contributed by atoms with Crippen LogP contribution >= 0.6 is 11.3 Å². The van der Waals surface area contributed by atoms with E-state index in [-0.39, 0.29) is 0 Å². The van der Waals surface area contributed by atoms with Crippen LogP contribution in [0.25, 0.3) is 103 Å². The number of thiophene rings is 1. The van der Waals surface area contributed by atoms with Crippen LogP contribution in [0.4, 0.5) is 0 Å². The minimum atomic E-state index is 0.588. The summed E-state index contributed by atoms with van der Waals surface area (Å²) < 4.78 is 4.87. The lowest BCUT2D eigenvalue weighted by molar-refractivity contribution is 0.955. The number of para-hydroxylation sites is 1. The van der Waals surface area contributed by atoms with E-state index in [0.717, 1.165) is 49.4 Å². The van der Waals surface area contributed by atoms with Gasteiger partial charge in [-0.15, -0.1) is 11.3 Å². The van der Waals surface area contributed by atoms with E-state index < -0.39 is 0 Å². The average Bonchev–Trinajstić information content (AvgIpc) is 3.77. The van der Waals surface area contributed by atoms with E-state index in [2.05, 4.69) is 138 Å². The molecule has 0 atom stereocenters. The molecule has 8 aromatic carbocycles. The van der Waals surface area contributed by atoms with Crippen LogP contribution in [0.2, 0.25) is 0 Å². The van der Waals surface area contributed by atoms with Crippen LogP contribution in [0.15, 0.2) is 170 Å². The molecule has 5 heteroatoms. The SMILES string of the molecule is c1ccc(-c2nc(-c3ccccc3)nc(-n3c4c(-c5ccc6sc7ccc8ccccc8c7c6c5)cccc4c4ccc5ccccc5c43)n2)cc1. The van der Waals surface area contributed by atoms with Crippen LogP contribution in [0, 0.1) is 0 Å². The molecule has 52 heavy (non-hydrogen) atoms. The summed E-state index contributed by atoms with van der Waals surface area (Å²) in [4.78, 5) is 15.6. The molecule has 4 nitrogen and oxygen atoms in total. The smallest absolute Gasteiger partial charge is 0.238 e. The van der Waals surface area contributed by atoms with Gasteiger partial charge < -0.3 is 0 Å². The summed E-state index contributed by atoms with van der Waals surface area (Å²) in [5.74, 6) is 1.86. The maximum Gasteiger partial charge on any atom is 0.238 e. The third-order valence-electron chi connectivity index (χ3n) is 10.2. The van der Waals surface area contributed by atoms with Crippen LogP contribution in [0.3, 0.4) is 0 Å². The Labute approximate surface area is 302 Å². The van der Waals surface area contributed by atoms with Crippen molar-refractivity contribution in [3.05, 3.63) is 170 Å². The number of hydrogen-bond acceptors (Lipinski definition) is 4. The molecule has 0 aliphatic carbocycles. The molecule has 0 bridgehead atoms. The summed E-state index contributed by atoms with van der Waals surface area (Å²) in [6.07, 6.45) is 0. The van der Waals surface area contributed by atoms with Crippen molar-refractivity contribution < 1.29 is 0 Å². The Bertz CT molecular complexity index is 3120. The molecule has 0 unspecified atom stereocenters. The second-order valence-electron chi connectivity index (χ2n) is 13.2. The minimum absolute atomic E-state index is 0.588. The first kappa shape index (κ1) is 29.1. The molecule has 0 N–H and O–H groups in total. The van der Waals surface area contributed by atoms with Crippen LogP contribution in [-0.4, -0.2) is 19.5 Å². The number of nitrogens with zero attached hydrogens (tertiary/aromatic N) is 4. The van der Waals surface area contributed by atoms with Crippen molar-refractivity contribution in [3.8, 4) is 39.9 Å². The highest BCUT2D eigenvalue weighted by Gasteiger charge is 2.22. The molecule has 0 saturated carbocycles. The minimum Gasteiger partial charge on any atom is -0.277 e. The standard InChI is InChI=1S/C47H28N4S/c1-3-14-31(15-4-1)45-48-46(32-16-5-2-6-17-32)50-47(49-45)51-43-35-19-10-8-13-30(35)22-25-38(43)37-21-11-20-36(44(37)51)33-24-26-40-39(28-33)42-34-18-9-7-12-29(34)23-27-41(42)52-40/h1-28H. The van der Waals surface area contributed by atoms with Gasteiger partial charge in [-0.25, -0.2) is 4.98 Å². The van der Waals surface area contributed by atoms with Gasteiger partial charge in [-0.2, -0.15) is 9.97 Å². The molecule has 0 aliphatic rings. The number of fused-ring (bicyclic) bond motifs is 10. The van der Waals surface area contributed by atoms with E-state index in [4.69, 9.17) is 15.0 Å². The fourth-order valence-corrected chi connectivity index (χ4v) is 8.97. The monoisotopic (exact) mass is 680 g/mol. The number of benzene rings is 8. The summed E-state index contributed by atoms with van der Waals surface area (Å²) in [6, 6.07) is 60.3. The van der Waals surface area contributed by atoms with Gasteiger partial charge in [0, 0.05) is 53.0 Å². The van der Waals surface area contributed by atoms with Gasteiger partial charge in [0.2, 0.25) is 5.95 Å². The Balaban J connectivity index is 1.27. The summed E-state index contributed by atoms with van der Waals surface area (Å²) in [5.41, 5.74) is 6.31. The van der Waals surface area contributed by atoms with Crippen LogP contribution in [-0.2, 0) is 0 Å². The average molecular weight is 681 g/mol. The van der Waals surface area contributed by atoms with E-state index in [1.165, 1.54) is 36.3 Å². The lowest BCUT2D eigenvalue weighted by Crippen LogP contribution is -2.07. The predicted octanol–water partition coefficient (Wildman–Crippen LogP) is 12.6. The molecule has 0 fully saturated rings. The van der Waals surface area contributed by atoms with Gasteiger partial charge in [-0.1, -0.05) is 152 Å². The van der Waals surface area contributed by atoms with Gasteiger partial charge in [-0.05, 0) is 39.9 Å². The molecule has 242 valence electrons. The largest absolute Gasteiger partial charge is 0.277 e. The molecule has 0 spiro atoms. The second-order valence-corrected chi connectivity index (χ2v) is 14.3. The van der Waals surface area contributed by atoms with E-state index in [9.17, 15) is 0 Å². The third kappa shape index (κ3) is 4.43. The molecular weight excluding hydrogens is 653 g/mol. The quantitative estimate of drug-likeness (QED) is 0.186. The van der Waals surface area contributed by atoms with Crippen LogP contribution in [0.5, 0.6) is 0 Å². The van der Waals surface area contributed by atoms with Crippen molar-refractivity contribution in [1.82, 2.24) is 19.5 Å². The highest BCUT2D eigenvalue weighted by Crippen LogP contribution is 2.44. The number of rotatable bonds is 4. The number of aromatic nitrogens is 4. The van der Waals surface area contributed by atoms with Crippen molar-refractivity contribution >= 4 is 74.9 Å². The lowest BCUT2D eigenvalue weighted by Gasteiger charge is -2.14. The maximum absolute atomic E-state index is 5.27. The molecule has 0 aliphatic heterocycles. The second kappa shape index (κ2) is 11.4. The predicted molar refractivity (Wildman–Crippen MR) is 218 cm³/mol. The Kier molecular flexibility index (Phi) is 6.39. The topological polar surface area (TPSA) is 43.6 Å². The number of hydrogen-bond donors (Lipinski definition) is 0. The first-order valence-corrected chi connectivity index (χ1v) is 18.3. The molecule has 11 aromatic rings. The molecule has 11 rings (SSSR count). The van der Waals surface area contributed by atoms with Gasteiger partial charge in [-0.3, -0.25) is 4.57 Å². The summed E-state index contributed by atoms with van der Waals surface area (Å²) in [6.45, 7) is 0. The highest BCUT2D eigenvalue weighted by atomic mass is 32.1. The molecule has 0 radical (unpaired) electrons. The molecular formula is C47H28N4S. The van der Waals surface area contributed by atoms with E-state index >= 15 is 0 Å². The van der Waals surface area contributed by atoms with E-state index in [1.54, 1.807) is 0 Å². The van der Waals surface area contributed by atoms with Gasteiger partial charge in [0.05, 0.1) is 11.0 Å². The first-order valence-electron chi connectivity index (χ1n) is 17.5. The molecule has 0 saturated heterocycles. The highest BCUT2D eigenvalue weighted by molar-refractivity contribution is 7.26. The molecule has 0 amide bonds. The first-order chi connectivity index (χ1) is 25.8. The third-order valence-corrected chi connectivity index (χ3v) is 11.4. The fourth-order valence-electron chi connectivity index (χ4n) is 7.87. The van der Waals surface area contributed by atoms with Gasteiger partial charge in [0.25, 0.3) is 0 Å². The lowest BCUT2D eigenvalue weighted by atomic mass is 9.98. The van der Waals surface area contributed by atoms with Crippen LogP contribution in [0.1, 0.15) is 0 Å². The summed E-state index contributed by atoms with van der Waals surface area (Å²) in [7, 11) is 0. The zero-order valence-electron chi connectivity index (χ0n) is 27.9. The zero-order valence-corrected chi connectivity index (χ0v) is 28.7. The van der Waals surface area contributed by atoms with Gasteiger partial charge in [0.15, 0.2) is 11.6 Å². The van der Waals surface area contributed by atoms with E-state index in [0.29, 0.717) is 17.6 Å². The Morgan fingerprint density at radius 3 is 1.73 bits per heavy atom. The van der Waals surface area contributed by atoms with Crippen molar-refractivity contribution in [1.29, 1.82) is 0 Å². The zero-order chi connectivity index (χ0) is 34.2. The normalized spacial score (nSPS) is 11.8. The Hall–Kier alpha value is -6.69. The fraction of sp³-hybridized carbons (Fsp3) is 0. The van der Waals surface area contributed by atoms with Gasteiger partial charge in [0.1, 0.15) is 0 Å². The van der Waals surface area contributed by atoms with Crippen molar-refractivity contribution in [2.45, 2.75) is 0 Å². The molecule has 3 heterocycles. The van der Waals surface area contributed by atoms with E-state index in [1.807, 2.05) is 47.7 Å². The van der Waals surface area contributed by atoms with Crippen LogP contribution < -0.4 is 0 Å². The Morgan fingerprint density at radius 2 is 0.981 bits per heavy atom. The summed E-state index contributed by atoms with van der Waals surface area (Å²) in [5, 5.41) is 9.76. The van der Waals surface area contributed by atoms with Crippen molar-refractivity contribution in [3.63, 3.8) is 0 Å². The van der Waals surface area contributed by atoms with Crippen molar-refractivity contribution in [2.24, 2.45) is 0 Å².